The largest absolute Gasteiger partial charge is 0.399 e. The molecule has 2 aromatic carbocycles. The van der Waals surface area contributed by atoms with Gasteiger partial charge in [0.1, 0.15) is 6.29 Å². The summed E-state index contributed by atoms with van der Waals surface area (Å²) in [5, 5.41) is 3.28. The van der Waals surface area contributed by atoms with Crippen molar-refractivity contribution in [3.05, 3.63) is 65.7 Å². The van der Waals surface area contributed by atoms with E-state index in [-0.39, 0.29) is 0 Å². The minimum absolute atomic E-state index is 0.403. The third-order valence-corrected chi connectivity index (χ3v) is 4.87. The molecule has 0 unspecified atom stereocenters. The van der Waals surface area contributed by atoms with Gasteiger partial charge in [0.05, 0.1) is 5.41 Å². The molecule has 118 valence electrons. The van der Waals surface area contributed by atoms with Gasteiger partial charge in [-0.25, -0.2) is 0 Å². The highest BCUT2D eigenvalue weighted by Gasteiger charge is 2.41. The number of hydrogen-bond donors (Lipinski definition) is 2. The van der Waals surface area contributed by atoms with E-state index in [1.807, 2.05) is 49.5 Å². The minimum Gasteiger partial charge on any atom is -0.399 e. The van der Waals surface area contributed by atoms with E-state index in [1.54, 1.807) is 0 Å². The third-order valence-electron chi connectivity index (χ3n) is 4.87. The molecule has 0 spiro atoms. The maximum absolute atomic E-state index is 11.7. The van der Waals surface area contributed by atoms with Crippen LogP contribution in [0.25, 0.3) is 5.57 Å². The lowest BCUT2D eigenvalue weighted by Crippen LogP contribution is -2.36. The Labute approximate surface area is 137 Å². The van der Waals surface area contributed by atoms with E-state index >= 15 is 0 Å². The van der Waals surface area contributed by atoms with Crippen molar-refractivity contribution >= 4 is 23.2 Å². The highest BCUT2D eigenvalue weighted by molar-refractivity contribution is 5.90. The van der Waals surface area contributed by atoms with Crippen LogP contribution in [0, 0.1) is 0 Å². The van der Waals surface area contributed by atoms with Crippen LogP contribution < -0.4 is 11.1 Å². The van der Waals surface area contributed by atoms with Crippen LogP contribution in [0.1, 0.15) is 36.0 Å². The maximum atomic E-state index is 11.7. The van der Waals surface area contributed by atoms with Crippen molar-refractivity contribution in [2.45, 2.75) is 24.7 Å². The van der Waals surface area contributed by atoms with E-state index in [0.29, 0.717) is 5.69 Å². The van der Waals surface area contributed by atoms with E-state index in [0.717, 1.165) is 53.5 Å². The molecule has 3 rings (SSSR count). The van der Waals surface area contributed by atoms with Crippen molar-refractivity contribution in [3.63, 3.8) is 0 Å². The number of rotatable bonds is 5. The first-order valence-electron chi connectivity index (χ1n) is 7.94. The van der Waals surface area contributed by atoms with Crippen LogP contribution >= 0.6 is 0 Å². The standard InChI is InChI=1S/C20H22N2O/c1-14(15-7-4-3-5-8-15)17-11-16(21)12-18(19(17)22-2)20(13-23)9-6-10-20/h3-5,7-8,11-13,22H,1,6,9-10,21H2,2H3. The molecule has 3 heteroatoms. The minimum atomic E-state index is -0.403. The van der Waals surface area contributed by atoms with Crippen molar-refractivity contribution in [2.75, 3.05) is 18.1 Å². The Morgan fingerprint density at radius 3 is 2.48 bits per heavy atom. The number of carbonyl (C=O) groups excluding carboxylic acids is 1. The quantitative estimate of drug-likeness (QED) is 0.648. The van der Waals surface area contributed by atoms with Gasteiger partial charge >= 0.3 is 0 Å². The molecule has 0 amide bonds. The summed E-state index contributed by atoms with van der Waals surface area (Å²) in [6, 6.07) is 13.9. The molecule has 3 nitrogen and oxygen atoms in total. The maximum Gasteiger partial charge on any atom is 0.130 e. The molecule has 0 atom stereocenters. The van der Waals surface area contributed by atoms with Crippen molar-refractivity contribution in [1.29, 1.82) is 0 Å². The normalized spacial score (nSPS) is 15.5. The molecule has 1 saturated carbocycles. The second-order valence-electron chi connectivity index (χ2n) is 6.21. The molecule has 0 heterocycles. The smallest absolute Gasteiger partial charge is 0.130 e. The Bertz CT molecular complexity index is 746. The average molecular weight is 306 g/mol. The summed E-state index contributed by atoms with van der Waals surface area (Å²) >= 11 is 0. The number of nitrogens with two attached hydrogens (primary N) is 1. The van der Waals surface area contributed by atoms with E-state index < -0.39 is 5.41 Å². The molecule has 23 heavy (non-hydrogen) atoms. The third kappa shape index (κ3) is 2.52. The zero-order chi connectivity index (χ0) is 16.4. The molecule has 0 aromatic heterocycles. The zero-order valence-electron chi connectivity index (χ0n) is 13.4. The van der Waals surface area contributed by atoms with E-state index in [4.69, 9.17) is 5.73 Å². The monoisotopic (exact) mass is 306 g/mol. The first kappa shape index (κ1) is 15.3. The average Bonchev–Trinajstić information content (AvgIpc) is 2.54. The molecular weight excluding hydrogens is 284 g/mol. The fourth-order valence-corrected chi connectivity index (χ4v) is 3.37. The number of anilines is 2. The number of benzene rings is 2. The fraction of sp³-hybridized carbons (Fsp3) is 0.250. The second kappa shape index (κ2) is 5.92. The van der Waals surface area contributed by atoms with Crippen molar-refractivity contribution in [1.82, 2.24) is 0 Å². The summed E-state index contributed by atoms with van der Waals surface area (Å²) in [4.78, 5) is 11.7. The molecule has 0 radical (unpaired) electrons. The summed E-state index contributed by atoms with van der Waals surface area (Å²) in [6.07, 6.45) is 3.92. The molecular formula is C20H22N2O. The van der Waals surface area contributed by atoms with E-state index in [2.05, 4.69) is 11.9 Å². The van der Waals surface area contributed by atoms with Crippen molar-refractivity contribution < 1.29 is 4.79 Å². The summed E-state index contributed by atoms with van der Waals surface area (Å²) in [5.41, 5.74) is 11.3. The molecule has 0 saturated heterocycles. The predicted octanol–water partition coefficient (Wildman–Crippen LogP) is 3.99. The lowest BCUT2D eigenvalue weighted by Gasteiger charge is -2.39. The van der Waals surface area contributed by atoms with Gasteiger partial charge in [-0.2, -0.15) is 0 Å². The van der Waals surface area contributed by atoms with Gasteiger partial charge < -0.3 is 15.8 Å². The lowest BCUT2D eigenvalue weighted by atomic mass is 9.64. The Kier molecular flexibility index (Phi) is 3.95. The summed E-state index contributed by atoms with van der Waals surface area (Å²) in [7, 11) is 1.88. The van der Waals surface area contributed by atoms with Gasteiger partial charge in [-0.05, 0) is 41.7 Å². The summed E-state index contributed by atoms with van der Waals surface area (Å²) in [5.74, 6) is 0. The van der Waals surface area contributed by atoms with Crippen LogP contribution in [0.5, 0.6) is 0 Å². The van der Waals surface area contributed by atoms with Crippen LogP contribution in [-0.2, 0) is 10.2 Å². The molecule has 3 N–H and O–H groups in total. The fourth-order valence-electron chi connectivity index (χ4n) is 3.37. The van der Waals surface area contributed by atoms with Gasteiger partial charge in [-0.3, -0.25) is 0 Å². The Morgan fingerprint density at radius 2 is 1.96 bits per heavy atom. The van der Waals surface area contributed by atoms with Gasteiger partial charge in [-0.1, -0.05) is 43.3 Å². The van der Waals surface area contributed by atoms with Crippen molar-refractivity contribution in [2.24, 2.45) is 0 Å². The van der Waals surface area contributed by atoms with Gasteiger partial charge in [0, 0.05) is 24.0 Å². The van der Waals surface area contributed by atoms with Crippen molar-refractivity contribution in [3.8, 4) is 0 Å². The number of carbonyl (C=O) groups is 1. The van der Waals surface area contributed by atoms with Gasteiger partial charge in [0.2, 0.25) is 0 Å². The van der Waals surface area contributed by atoms with Crippen LogP contribution in [0.4, 0.5) is 11.4 Å². The molecule has 0 aliphatic heterocycles. The van der Waals surface area contributed by atoms with Gasteiger partial charge in [-0.15, -0.1) is 0 Å². The highest BCUT2D eigenvalue weighted by Crippen LogP contribution is 2.47. The Balaban J connectivity index is 2.16. The van der Waals surface area contributed by atoms with Crippen LogP contribution in [0.3, 0.4) is 0 Å². The van der Waals surface area contributed by atoms with Crippen LogP contribution in [-0.4, -0.2) is 13.3 Å². The second-order valence-corrected chi connectivity index (χ2v) is 6.21. The topological polar surface area (TPSA) is 55.1 Å². The predicted molar refractivity (Wildman–Crippen MR) is 96.6 cm³/mol. The van der Waals surface area contributed by atoms with Gasteiger partial charge in [0.15, 0.2) is 0 Å². The molecule has 0 bridgehead atoms. The molecule has 1 fully saturated rings. The lowest BCUT2D eigenvalue weighted by molar-refractivity contribution is -0.115. The van der Waals surface area contributed by atoms with Crippen LogP contribution in [0.2, 0.25) is 0 Å². The number of nitrogen functional groups attached to an aromatic ring is 1. The number of aldehydes is 1. The number of nitrogens with one attached hydrogen (secondary N) is 1. The zero-order valence-corrected chi connectivity index (χ0v) is 13.4. The SMILES string of the molecule is C=C(c1ccccc1)c1cc(N)cc(C2(C=O)CCC2)c1NC. The van der Waals surface area contributed by atoms with E-state index in [9.17, 15) is 4.79 Å². The first-order valence-corrected chi connectivity index (χ1v) is 7.94. The summed E-state index contributed by atoms with van der Waals surface area (Å²) in [6.45, 7) is 4.25. The number of hydrogen-bond acceptors (Lipinski definition) is 3. The molecule has 1 aliphatic carbocycles. The molecule has 2 aromatic rings. The summed E-state index contributed by atoms with van der Waals surface area (Å²) < 4.78 is 0. The van der Waals surface area contributed by atoms with Crippen LogP contribution in [0.15, 0.2) is 49.0 Å². The van der Waals surface area contributed by atoms with Gasteiger partial charge in [0.25, 0.3) is 0 Å². The molecule has 1 aliphatic rings. The van der Waals surface area contributed by atoms with E-state index in [1.165, 1.54) is 0 Å². The Hall–Kier alpha value is -2.55. The Morgan fingerprint density at radius 1 is 1.26 bits per heavy atom. The highest BCUT2D eigenvalue weighted by atomic mass is 16.1. The first-order chi connectivity index (χ1) is 11.1.